The second-order valence-electron chi connectivity index (χ2n) is 5.90. The molecule has 1 aliphatic rings. The van der Waals surface area contributed by atoms with Crippen molar-refractivity contribution in [3.05, 3.63) is 60.6 Å². The fraction of sp³-hybridized carbons (Fsp3) is 0.211. The largest absolute Gasteiger partial charge is 0.378 e. The average Bonchev–Trinajstić information content (AvgIpc) is 2.69. The van der Waals surface area contributed by atoms with Crippen molar-refractivity contribution in [3.63, 3.8) is 0 Å². The fourth-order valence-corrected chi connectivity index (χ4v) is 2.93. The number of rotatable bonds is 3. The first-order valence-corrected chi connectivity index (χ1v) is 8.28. The number of benzene rings is 1. The molecule has 1 saturated heterocycles. The fourth-order valence-electron chi connectivity index (χ4n) is 2.93. The third-order valence-electron chi connectivity index (χ3n) is 4.23. The van der Waals surface area contributed by atoms with Crippen molar-refractivity contribution in [1.29, 1.82) is 0 Å². The van der Waals surface area contributed by atoms with E-state index in [1.54, 1.807) is 24.4 Å². The molecule has 0 unspecified atom stereocenters. The number of morpholine rings is 1. The van der Waals surface area contributed by atoms with Crippen LogP contribution in [0.1, 0.15) is 0 Å². The van der Waals surface area contributed by atoms with Gasteiger partial charge in [-0.2, -0.15) is 0 Å². The van der Waals surface area contributed by atoms with Crippen LogP contribution < -0.4 is 4.90 Å². The Bertz CT molecular complexity index is 929. The van der Waals surface area contributed by atoms with E-state index >= 15 is 0 Å². The molecule has 4 rings (SSSR count). The summed E-state index contributed by atoms with van der Waals surface area (Å²) < 4.78 is 33.4. The molecule has 0 spiro atoms. The van der Waals surface area contributed by atoms with Crippen molar-refractivity contribution in [2.45, 2.75) is 0 Å². The summed E-state index contributed by atoms with van der Waals surface area (Å²) in [5.41, 5.74) is 1.86. The van der Waals surface area contributed by atoms with Gasteiger partial charge in [0.2, 0.25) is 5.95 Å². The van der Waals surface area contributed by atoms with Gasteiger partial charge in [-0.15, -0.1) is 0 Å². The molecular weight excluding hydrogens is 338 g/mol. The Labute approximate surface area is 149 Å². The number of pyridine rings is 1. The molecule has 0 amide bonds. The molecular formula is C19H16F2N4O. The molecule has 1 aromatic carbocycles. The van der Waals surface area contributed by atoms with Gasteiger partial charge in [-0.25, -0.2) is 18.7 Å². The second kappa shape index (κ2) is 7.13. The van der Waals surface area contributed by atoms with E-state index in [1.165, 1.54) is 18.3 Å². The first kappa shape index (κ1) is 16.5. The molecule has 2 aromatic heterocycles. The van der Waals surface area contributed by atoms with Crippen molar-refractivity contribution in [1.82, 2.24) is 15.0 Å². The quantitative estimate of drug-likeness (QED) is 0.722. The molecule has 3 heterocycles. The van der Waals surface area contributed by atoms with Gasteiger partial charge in [0.05, 0.1) is 25.1 Å². The van der Waals surface area contributed by atoms with Crippen molar-refractivity contribution in [3.8, 4) is 22.4 Å². The molecule has 0 atom stereocenters. The normalized spacial score (nSPS) is 14.5. The molecule has 0 N–H and O–H groups in total. The van der Waals surface area contributed by atoms with Crippen LogP contribution in [0.5, 0.6) is 0 Å². The summed E-state index contributed by atoms with van der Waals surface area (Å²) in [6.07, 6.45) is 4.22. The Kier molecular flexibility index (Phi) is 4.53. The molecule has 7 heteroatoms. The van der Waals surface area contributed by atoms with Crippen molar-refractivity contribution in [2.75, 3.05) is 31.2 Å². The zero-order chi connectivity index (χ0) is 17.9. The maximum atomic E-state index is 14.3. The van der Waals surface area contributed by atoms with Crippen molar-refractivity contribution in [2.24, 2.45) is 0 Å². The van der Waals surface area contributed by atoms with Crippen LogP contribution in [-0.4, -0.2) is 41.3 Å². The maximum absolute atomic E-state index is 14.3. The highest BCUT2D eigenvalue weighted by molar-refractivity contribution is 5.81. The predicted octanol–water partition coefficient (Wildman–Crippen LogP) is 3.32. The van der Waals surface area contributed by atoms with E-state index < -0.39 is 5.82 Å². The summed E-state index contributed by atoms with van der Waals surface area (Å²) in [6, 6.07) is 7.66. The van der Waals surface area contributed by atoms with Crippen LogP contribution in [0.3, 0.4) is 0 Å². The highest BCUT2D eigenvalue weighted by Gasteiger charge is 2.19. The van der Waals surface area contributed by atoms with E-state index in [4.69, 9.17) is 4.74 Å². The zero-order valence-electron chi connectivity index (χ0n) is 13.9. The zero-order valence-corrected chi connectivity index (χ0v) is 13.9. The molecule has 5 nitrogen and oxygen atoms in total. The van der Waals surface area contributed by atoms with Gasteiger partial charge in [0.15, 0.2) is 0 Å². The molecule has 132 valence electrons. The molecule has 0 aliphatic carbocycles. The number of nitrogens with zero attached hydrogens (tertiary/aromatic N) is 4. The van der Waals surface area contributed by atoms with E-state index in [9.17, 15) is 8.78 Å². The predicted molar refractivity (Wildman–Crippen MR) is 93.6 cm³/mol. The monoisotopic (exact) mass is 354 g/mol. The smallest absolute Gasteiger partial charge is 0.226 e. The molecule has 1 fully saturated rings. The maximum Gasteiger partial charge on any atom is 0.226 e. The molecule has 0 saturated carbocycles. The molecule has 0 bridgehead atoms. The summed E-state index contributed by atoms with van der Waals surface area (Å²) in [5.74, 6) is -0.339. The Morgan fingerprint density at radius 2 is 1.85 bits per heavy atom. The van der Waals surface area contributed by atoms with Gasteiger partial charge in [0, 0.05) is 42.2 Å². The average molecular weight is 354 g/mol. The number of ether oxygens (including phenoxy) is 1. The third-order valence-corrected chi connectivity index (χ3v) is 4.23. The lowest BCUT2D eigenvalue weighted by Gasteiger charge is -2.27. The SMILES string of the molecule is Fc1cccc(-c2nc(N3CCOCC3)ncc2-c2ccncc2F)c1. The third kappa shape index (κ3) is 3.25. The summed E-state index contributed by atoms with van der Waals surface area (Å²) in [7, 11) is 0. The van der Waals surface area contributed by atoms with E-state index in [1.807, 2.05) is 4.90 Å². The summed E-state index contributed by atoms with van der Waals surface area (Å²) in [5, 5.41) is 0. The topological polar surface area (TPSA) is 51.1 Å². The minimum atomic E-state index is -0.479. The number of hydrogen-bond acceptors (Lipinski definition) is 5. The molecule has 3 aromatic rings. The second-order valence-corrected chi connectivity index (χ2v) is 5.90. The van der Waals surface area contributed by atoms with Crippen molar-refractivity contribution >= 4 is 5.95 Å². The molecule has 26 heavy (non-hydrogen) atoms. The van der Waals surface area contributed by atoms with Gasteiger partial charge >= 0.3 is 0 Å². The van der Waals surface area contributed by atoms with Gasteiger partial charge in [-0.3, -0.25) is 4.98 Å². The lowest BCUT2D eigenvalue weighted by Crippen LogP contribution is -2.37. The Morgan fingerprint density at radius 3 is 2.62 bits per heavy atom. The number of halogens is 2. The first-order valence-electron chi connectivity index (χ1n) is 8.28. The molecule has 1 aliphatic heterocycles. The van der Waals surface area contributed by atoms with Crippen LogP contribution >= 0.6 is 0 Å². The van der Waals surface area contributed by atoms with E-state index in [0.29, 0.717) is 54.6 Å². The van der Waals surface area contributed by atoms with E-state index in [0.717, 1.165) is 6.20 Å². The number of anilines is 1. The Morgan fingerprint density at radius 1 is 1.00 bits per heavy atom. The standard InChI is InChI=1S/C19H16F2N4O/c20-14-3-1-2-13(10-14)18-16(15-4-5-22-12-17(15)21)11-23-19(24-18)25-6-8-26-9-7-25/h1-5,10-12H,6-9H2. The van der Waals surface area contributed by atoms with E-state index in [-0.39, 0.29) is 5.82 Å². The lowest BCUT2D eigenvalue weighted by atomic mass is 10.0. The van der Waals surface area contributed by atoms with Crippen LogP contribution in [-0.2, 0) is 4.74 Å². The first-order chi connectivity index (χ1) is 12.7. The van der Waals surface area contributed by atoms with Crippen LogP contribution in [0.2, 0.25) is 0 Å². The molecule has 0 radical (unpaired) electrons. The van der Waals surface area contributed by atoms with Crippen LogP contribution in [0.4, 0.5) is 14.7 Å². The van der Waals surface area contributed by atoms with E-state index in [2.05, 4.69) is 15.0 Å². The summed E-state index contributed by atoms with van der Waals surface area (Å²) in [6.45, 7) is 2.54. The van der Waals surface area contributed by atoms with Gasteiger partial charge < -0.3 is 9.64 Å². The summed E-state index contributed by atoms with van der Waals surface area (Å²) in [4.78, 5) is 14.8. The lowest BCUT2D eigenvalue weighted by molar-refractivity contribution is 0.122. The Balaban J connectivity index is 1.87. The highest BCUT2D eigenvalue weighted by Crippen LogP contribution is 2.33. The van der Waals surface area contributed by atoms with Crippen LogP contribution in [0.25, 0.3) is 22.4 Å². The van der Waals surface area contributed by atoms with Gasteiger partial charge in [0.1, 0.15) is 11.6 Å². The highest BCUT2D eigenvalue weighted by atomic mass is 19.1. The Hall–Kier alpha value is -2.93. The summed E-state index contributed by atoms with van der Waals surface area (Å²) >= 11 is 0. The number of hydrogen-bond donors (Lipinski definition) is 0. The van der Waals surface area contributed by atoms with Crippen LogP contribution in [0, 0.1) is 11.6 Å². The van der Waals surface area contributed by atoms with Gasteiger partial charge in [-0.1, -0.05) is 12.1 Å². The minimum Gasteiger partial charge on any atom is -0.378 e. The van der Waals surface area contributed by atoms with Gasteiger partial charge in [0.25, 0.3) is 0 Å². The van der Waals surface area contributed by atoms with Gasteiger partial charge in [-0.05, 0) is 18.2 Å². The van der Waals surface area contributed by atoms with Crippen molar-refractivity contribution < 1.29 is 13.5 Å². The minimum absolute atomic E-state index is 0.327. The van der Waals surface area contributed by atoms with Crippen LogP contribution in [0.15, 0.2) is 48.9 Å². The number of aromatic nitrogens is 3.